The van der Waals surface area contributed by atoms with Crippen LogP contribution >= 0.6 is 0 Å². The number of fused-ring (bicyclic) bond motifs is 1. The highest BCUT2D eigenvalue weighted by atomic mass is 15.2. The summed E-state index contributed by atoms with van der Waals surface area (Å²) in [6.45, 7) is 0.955. The lowest BCUT2D eigenvalue weighted by Crippen LogP contribution is -2.07. The predicted molar refractivity (Wildman–Crippen MR) is 57.3 cm³/mol. The van der Waals surface area contributed by atoms with E-state index in [1.165, 1.54) is 12.8 Å². The Kier molecular flexibility index (Phi) is 1.74. The van der Waals surface area contributed by atoms with Gasteiger partial charge in [-0.25, -0.2) is 0 Å². The Morgan fingerprint density at radius 2 is 2.33 bits per heavy atom. The minimum Gasteiger partial charge on any atom is -0.369 e. The molecule has 0 bridgehead atoms. The summed E-state index contributed by atoms with van der Waals surface area (Å²) in [5.74, 6) is 1.84. The Morgan fingerprint density at radius 1 is 1.47 bits per heavy atom. The number of anilines is 2. The topological polar surface area (TPSA) is 92.5 Å². The molecule has 0 spiro atoms. The molecule has 4 N–H and O–H groups in total. The van der Waals surface area contributed by atoms with Gasteiger partial charge in [-0.2, -0.15) is 15.1 Å². The number of nitrogens with one attached hydrogen (secondary N) is 2. The van der Waals surface area contributed by atoms with Crippen LogP contribution in [0.25, 0.3) is 11.0 Å². The van der Waals surface area contributed by atoms with Crippen LogP contribution in [-0.4, -0.2) is 26.7 Å². The van der Waals surface area contributed by atoms with Crippen molar-refractivity contribution < 1.29 is 0 Å². The molecule has 2 aromatic rings. The van der Waals surface area contributed by atoms with Gasteiger partial charge in [-0.05, 0) is 18.8 Å². The number of nitrogens with two attached hydrogens (primary N) is 1. The van der Waals surface area contributed by atoms with Crippen LogP contribution in [0, 0.1) is 5.92 Å². The number of hydrogen-bond donors (Lipinski definition) is 3. The number of H-pyrrole nitrogens is 1. The molecule has 0 amide bonds. The van der Waals surface area contributed by atoms with E-state index in [1.807, 2.05) is 0 Å². The van der Waals surface area contributed by atoms with Gasteiger partial charge in [0.05, 0.1) is 11.6 Å². The van der Waals surface area contributed by atoms with Gasteiger partial charge in [0.1, 0.15) is 5.82 Å². The number of nitrogen functional groups attached to an aromatic ring is 1. The van der Waals surface area contributed by atoms with Gasteiger partial charge in [0, 0.05) is 6.54 Å². The maximum Gasteiger partial charge on any atom is 0.224 e. The van der Waals surface area contributed by atoms with Crippen molar-refractivity contribution in [3.8, 4) is 0 Å². The molecule has 3 rings (SSSR count). The first kappa shape index (κ1) is 8.46. The number of nitrogens with zero attached hydrogens (tertiary/aromatic N) is 3. The van der Waals surface area contributed by atoms with Crippen LogP contribution in [0.2, 0.25) is 0 Å². The number of aromatic nitrogens is 4. The maximum atomic E-state index is 5.60. The number of hydrogen-bond acceptors (Lipinski definition) is 5. The van der Waals surface area contributed by atoms with E-state index in [0.29, 0.717) is 5.65 Å². The zero-order chi connectivity index (χ0) is 10.3. The van der Waals surface area contributed by atoms with Crippen LogP contribution in [0.5, 0.6) is 0 Å². The van der Waals surface area contributed by atoms with E-state index >= 15 is 0 Å². The van der Waals surface area contributed by atoms with Crippen LogP contribution < -0.4 is 11.1 Å². The zero-order valence-electron chi connectivity index (χ0n) is 8.20. The van der Waals surface area contributed by atoms with Gasteiger partial charge in [0.2, 0.25) is 5.95 Å². The lowest BCUT2D eigenvalue weighted by Gasteiger charge is -2.05. The summed E-state index contributed by atoms with van der Waals surface area (Å²) in [5.41, 5.74) is 6.28. The fraction of sp³-hybridized carbons (Fsp3) is 0.444. The summed E-state index contributed by atoms with van der Waals surface area (Å²) >= 11 is 0. The molecule has 0 aliphatic heterocycles. The average Bonchev–Trinajstić information content (AvgIpc) is 2.92. The summed E-state index contributed by atoms with van der Waals surface area (Å²) in [5, 5.41) is 10.9. The van der Waals surface area contributed by atoms with E-state index in [0.717, 1.165) is 23.7 Å². The molecule has 15 heavy (non-hydrogen) atoms. The van der Waals surface area contributed by atoms with E-state index in [2.05, 4.69) is 25.5 Å². The van der Waals surface area contributed by atoms with E-state index in [4.69, 9.17) is 5.73 Å². The molecule has 1 fully saturated rings. The van der Waals surface area contributed by atoms with Gasteiger partial charge in [0.25, 0.3) is 0 Å². The molecule has 0 unspecified atom stereocenters. The second-order valence-corrected chi connectivity index (χ2v) is 3.89. The third-order valence-electron chi connectivity index (χ3n) is 2.58. The molecular weight excluding hydrogens is 192 g/mol. The summed E-state index contributed by atoms with van der Waals surface area (Å²) in [7, 11) is 0. The van der Waals surface area contributed by atoms with Crippen molar-refractivity contribution in [3.05, 3.63) is 6.20 Å². The van der Waals surface area contributed by atoms with Gasteiger partial charge in [-0.15, -0.1) is 0 Å². The summed E-state index contributed by atoms with van der Waals surface area (Å²) in [6, 6.07) is 0. The Morgan fingerprint density at radius 3 is 3.13 bits per heavy atom. The fourth-order valence-corrected chi connectivity index (χ4v) is 1.55. The van der Waals surface area contributed by atoms with Gasteiger partial charge in [0.15, 0.2) is 5.65 Å². The number of aromatic amines is 1. The Bertz CT molecular complexity index is 486. The highest BCUT2D eigenvalue weighted by Crippen LogP contribution is 2.29. The molecule has 78 valence electrons. The molecule has 6 heteroatoms. The molecule has 1 aliphatic carbocycles. The Balaban J connectivity index is 1.95. The SMILES string of the molecule is Nc1nc(NCC2CC2)c2cn[nH]c2n1. The van der Waals surface area contributed by atoms with E-state index in [1.54, 1.807) is 6.20 Å². The first-order valence-electron chi connectivity index (χ1n) is 5.03. The predicted octanol–water partition coefficient (Wildman–Crippen LogP) is 0.757. The first-order chi connectivity index (χ1) is 7.33. The van der Waals surface area contributed by atoms with Crippen LogP contribution in [0.3, 0.4) is 0 Å². The lowest BCUT2D eigenvalue weighted by atomic mass is 10.3. The van der Waals surface area contributed by atoms with E-state index in [9.17, 15) is 0 Å². The largest absolute Gasteiger partial charge is 0.369 e. The van der Waals surface area contributed by atoms with Crippen molar-refractivity contribution in [3.63, 3.8) is 0 Å². The third-order valence-corrected chi connectivity index (χ3v) is 2.58. The van der Waals surface area contributed by atoms with Gasteiger partial charge in [-0.3, -0.25) is 5.10 Å². The molecule has 0 radical (unpaired) electrons. The molecule has 0 aromatic carbocycles. The van der Waals surface area contributed by atoms with Crippen LogP contribution in [0.15, 0.2) is 6.20 Å². The first-order valence-corrected chi connectivity index (χ1v) is 5.03. The third kappa shape index (κ3) is 1.58. The van der Waals surface area contributed by atoms with Crippen LogP contribution in [-0.2, 0) is 0 Å². The Hall–Kier alpha value is -1.85. The second-order valence-electron chi connectivity index (χ2n) is 3.89. The van der Waals surface area contributed by atoms with Crippen molar-refractivity contribution in [2.24, 2.45) is 5.92 Å². The highest BCUT2D eigenvalue weighted by Gasteiger charge is 2.21. The zero-order valence-corrected chi connectivity index (χ0v) is 8.20. The van der Waals surface area contributed by atoms with Gasteiger partial charge >= 0.3 is 0 Å². The quantitative estimate of drug-likeness (QED) is 0.686. The van der Waals surface area contributed by atoms with Gasteiger partial charge in [-0.1, -0.05) is 0 Å². The molecular formula is C9H12N6. The summed E-state index contributed by atoms with van der Waals surface area (Å²) in [6.07, 6.45) is 4.33. The van der Waals surface area contributed by atoms with Crippen molar-refractivity contribution >= 4 is 22.8 Å². The summed E-state index contributed by atoms with van der Waals surface area (Å²) < 4.78 is 0. The minimum absolute atomic E-state index is 0.269. The van der Waals surface area contributed by atoms with Crippen LogP contribution in [0.4, 0.5) is 11.8 Å². The van der Waals surface area contributed by atoms with Crippen molar-refractivity contribution in [1.29, 1.82) is 0 Å². The fourth-order valence-electron chi connectivity index (χ4n) is 1.55. The number of rotatable bonds is 3. The molecule has 1 saturated carbocycles. The standard InChI is InChI=1S/C9H12N6/c10-9-13-7(11-3-5-1-2-5)6-4-12-15-8(6)14-9/h4-5H,1-3H2,(H4,10,11,12,13,14,15). The lowest BCUT2D eigenvalue weighted by molar-refractivity contribution is 0.884. The van der Waals surface area contributed by atoms with Gasteiger partial charge < -0.3 is 11.1 Å². The van der Waals surface area contributed by atoms with E-state index in [-0.39, 0.29) is 5.95 Å². The van der Waals surface area contributed by atoms with Crippen LogP contribution in [0.1, 0.15) is 12.8 Å². The van der Waals surface area contributed by atoms with Crippen molar-refractivity contribution in [2.45, 2.75) is 12.8 Å². The molecule has 2 aromatic heterocycles. The summed E-state index contributed by atoms with van der Waals surface area (Å²) in [4.78, 5) is 8.22. The molecule has 6 nitrogen and oxygen atoms in total. The van der Waals surface area contributed by atoms with Crippen molar-refractivity contribution in [2.75, 3.05) is 17.6 Å². The Labute approximate surface area is 86.3 Å². The highest BCUT2D eigenvalue weighted by molar-refractivity contribution is 5.86. The second kappa shape index (κ2) is 3.08. The van der Waals surface area contributed by atoms with E-state index < -0.39 is 0 Å². The van der Waals surface area contributed by atoms with Crippen molar-refractivity contribution in [1.82, 2.24) is 20.2 Å². The molecule has 2 heterocycles. The maximum absolute atomic E-state index is 5.60. The smallest absolute Gasteiger partial charge is 0.224 e. The molecule has 0 saturated heterocycles. The molecule has 0 atom stereocenters. The normalized spacial score (nSPS) is 15.7. The average molecular weight is 204 g/mol. The molecule has 1 aliphatic rings. The monoisotopic (exact) mass is 204 g/mol. The minimum atomic E-state index is 0.269.